The third-order valence-corrected chi connectivity index (χ3v) is 8.49. The number of fused-ring (bicyclic) bond motifs is 1. The van der Waals surface area contributed by atoms with Crippen LogP contribution in [-0.4, -0.2) is 92.8 Å². The number of anilines is 1. The highest BCUT2D eigenvalue weighted by molar-refractivity contribution is 5.89. The van der Waals surface area contributed by atoms with E-state index in [1.165, 1.54) is 12.5 Å². The molecule has 0 aliphatic carbocycles. The summed E-state index contributed by atoms with van der Waals surface area (Å²) in [6.45, 7) is 4.61. The van der Waals surface area contributed by atoms with Crippen LogP contribution in [0.15, 0.2) is 78.9 Å². The van der Waals surface area contributed by atoms with E-state index in [2.05, 4.69) is 65.3 Å². The van der Waals surface area contributed by atoms with E-state index in [4.69, 9.17) is 9.47 Å². The van der Waals surface area contributed by atoms with Crippen molar-refractivity contribution in [3.05, 3.63) is 95.6 Å². The van der Waals surface area contributed by atoms with Crippen LogP contribution in [0, 0.1) is 17.8 Å². The first kappa shape index (κ1) is 31.1. The maximum atomic E-state index is 13.7. The fourth-order valence-corrected chi connectivity index (χ4v) is 6.30. The molecule has 230 valence electrons. The van der Waals surface area contributed by atoms with Crippen molar-refractivity contribution in [2.45, 2.75) is 31.3 Å². The summed E-state index contributed by atoms with van der Waals surface area (Å²) in [6, 6.07) is 26.2. The van der Waals surface area contributed by atoms with E-state index < -0.39 is 0 Å². The number of rotatable bonds is 7. The van der Waals surface area contributed by atoms with Crippen molar-refractivity contribution in [1.82, 2.24) is 14.7 Å². The number of likely N-dealkylation sites (N-methyl/N-ethyl adjacent to an activating group) is 1. The molecule has 0 spiro atoms. The second-order valence-corrected chi connectivity index (χ2v) is 11.9. The molecule has 1 N–H and O–H groups in total. The molecule has 5 rings (SSSR count). The molecule has 2 amide bonds. The topological polar surface area (TPSA) is 74.3 Å². The first-order valence-electron chi connectivity index (χ1n) is 15.2. The van der Waals surface area contributed by atoms with Gasteiger partial charge in [-0.05, 0) is 81.2 Å². The fourth-order valence-electron chi connectivity index (χ4n) is 6.30. The minimum atomic E-state index is -0.300. The van der Waals surface area contributed by atoms with Gasteiger partial charge >= 0.3 is 12.0 Å². The van der Waals surface area contributed by atoms with Gasteiger partial charge in [-0.1, -0.05) is 42.2 Å². The zero-order valence-electron chi connectivity index (χ0n) is 26.0. The summed E-state index contributed by atoms with van der Waals surface area (Å²) in [7, 11) is 5.83. The number of esters is 1. The molecule has 2 fully saturated rings. The lowest BCUT2D eigenvalue weighted by atomic mass is 9.73. The van der Waals surface area contributed by atoms with E-state index in [9.17, 15) is 9.59 Å². The highest BCUT2D eigenvalue weighted by Gasteiger charge is 2.50. The molecule has 4 atom stereocenters. The number of ether oxygens (including phenoxy) is 2. The molecule has 1 unspecified atom stereocenters. The minimum Gasteiger partial charge on any atom is -0.497 e. The molecule has 3 aromatic carbocycles. The molecule has 2 aliphatic rings. The summed E-state index contributed by atoms with van der Waals surface area (Å²) in [5.74, 6) is 7.26. The Morgan fingerprint density at radius 1 is 0.932 bits per heavy atom. The molecule has 8 nitrogen and oxygen atoms in total. The largest absolute Gasteiger partial charge is 0.497 e. The number of nitrogens with one attached hydrogen (secondary N) is 1. The van der Waals surface area contributed by atoms with Crippen molar-refractivity contribution in [3.63, 3.8) is 0 Å². The Hall–Kier alpha value is -4.32. The van der Waals surface area contributed by atoms with Gasteiger partial charge in [0.1, 0.15) is 5.75 Å². The Labute approximate surface area is 260 Å². The van der Waals surface area contributed by atoms with Crippen LogP contribution in [0.5, 0.6) is 5.75 Å². The van der Waals surface area contributed by atoms with Gasteiger partial charge in [0.2, 0.25) is 0 Å². The molecule has 44 heavy (non-hydrogen) atoms. The van der Waals surface area contributed by atoms with Crippen molar-refractivity contribution < 1.29 is 19.1 Å². The Balaban J connectivity index is 1.38. The first-order valence-corrected chi connectivity index (χ1v) is 15.2. The van der Waals surface area contributed by atoms with Crippen LogP contribution in [0.4, 0.5) is 10.5 Å². The van der Waals surface area contributed by atoms with E-state index in [1.54, 1.807) is 7.11 Å². The van der Waals surface area contributed by atoms with Gasteiger partial charge in [0.15, 0.2) is 0 Å². The van der Waals surface area contributed by atoms with E-state index in [0.717, 1.165) is 36.4 Å². The second kappa shape index (κ2) is 14.4. The molecule has 0 bridgehead atoms. The highest BCUT2D eigenvalue weighted by atomic mass is 16.5. The molecule has 0 aromatic heterocycles. The number of hydrogen-bond donors (Lipinski definition) is 1. The number of hydrogen-bond acceptors (Lipinski definition) is 6. The molecule has 0 radical (unpaired) electrons. The van der Waals surface area contributed by atoms with E-state index in [1.807, 2.05) is 59.5 Å². The van der Waals surface area contributed by atoms with Gasteiger partial charge in [0, 0.05) is 67.3 Å². The summed E-state index contributed by atoms with van der Waals surface area (Å²) in [5.41, 5.74) is 3.93. The summed E-state index contributed by atoms with van der Waals surface area (Å²) in [6.07, 6.45) is 0.834. The standard InChI is InChI=1S/C36H42N4O4/c1-26(41)44-25-29-20-21-40-33(23-38(2)3)35(30-14-12-28(13-15-30)11-10-27-8-6-5-7-9-27)34(40)24-39(22-29)36(42)37-31-16-18-32(43-4)19-17-31/h5-9,12-19,29,33-35H,20-25H2,1-4H3,(H,37,42)/t29?,33-,34+,35+/m1/s1. The van der Waals surface area contributed by atoms with Gasteiger partial charge in [-0.15, -0.1) is 0 Å². The molecule has 3 aromatic rings. The Morgan fingerprint density at radius 2 is 1.61 bits per heavy atom. The van der Waals surface area contributed by atoms with Gasteiger partial charge < -0.3 is 24.6 Å². The normalized spacial score (nSPS) is 21.5. The molecule has 8 heteroatoms. The summed E-state index contributed by atoms with van der Waals surface area (Å²) in [5, 5.41) is 3.07. The smallest absolute Gasteiger partial charge is 0.321 e. The van der Waals surface area contributed by atoms with Crippen LogP contribution in [-0.2, 0) is 9.53 Å². The third kappa shape index (κ3) is 7.79. The fraction of sp³-hybridized carbons (Fsp3) is 0.389. The maximum Gasteiger partial charge on any atom is 0.321 e. The van der Waals surface area contributed by atoms with Crippen molar-refractivity contribution in [3.8, 4) is 17.6 Å². The zero-order valence-corrected chi connectivity index (χ0v) is 26.0. The SMILES string of the molecule is COc1ccc(NC(=O)N2CC(COC(C)=O)CCN3[C@H](CN(C)C)[C@H](c4ccc(C#Cc5ccccc5)cc4)[C@@H]3C2)cc1. The summed E-state index contributed by atoms with van der Waals surface area (Å²) >= 11 is 0. The number of nitrogens with zero attached hydrogens (tertiary/aromatic N) is 3. The van der Waals surface area contributed by atoms with Crippen molar-refractivity contribution >= 4 is 17.7 Å². The average molecular weight is 595 g/mol. The minimum absolute atomic E-state index is 0.0444. The lowest BCUT2D eigenvalue weighted by Crippen LogP contribution is -2.69. The Morgan fingerprint density at radius 3 is 2.25 bits per heavy atom. The maximum absolute atomic E-state index is 13.7. The number of amides is 2. The van der Waals surface area contributed by atoms with Gasteiger partial charge in [0.05, 0.1) is 13.7 Å². The Kier molecular flexibility index (Phi) is 10.2. The molecule has 2 heterocycles. The molecule has 0 saturated carbocycles. The van der Waals surface area contributed by atoms with Gasteiger partial charge in [-0.25, -0.2) is 4.79 Å². The van der Waals surface area contributed by atoms with Gasteiger partial charge in [-0.3, -0.25) is 9.69 Å². The number of carbonyl (C=O) groups is 2. The lowest BCUT2D eigenvalue weighted by molar-refractivity contribution is -0.143. The quantitative estimate of drug-likeness (QED) is 0.310. The number of urea groups is 1. The Bertz CT molecular complexity index is 1460. The van der Waals surface area contributed by atoms with E-state index in [0.29, 0.717) is 31.4 Å². The number of methoxy groups -OCH3 is 1. The zero-order chi connectivity index (χ0) is 31.1. The first-order chi connectivity index (χ1) is 21.3. The lowest BCUT2D eigenvalue weighted by Gasteiger charge is -2.58. The summed E-state index contributed by atoms with van der Waals surface area (Å²) in [4.78, 5) is 32.0. The van der Waals surface area contributed by atoms with Crippen LogP contribution >= 0.6 is 0 Å². The van der Waals surface area contributed by atoms with E-state index >= 15 is 0 Å². The molecular weight excluding hydrogens is 552 g/mol. The highest BCUT2D eigenvalue weighted by Crippen LogP contribution is 2.43. The second-order valence-electron chi connectivity index (χ2n) is 11.9. The average Bonchev–Trinajstić information content (AvgIpc) is 3.01. The van der Waals surface area contributed by atoms with Crippen LogP contribution in [0.1, 0.15) is 36.0 Å². The predicted octanol–water partition coefficient (Wildman–Crippen LogP) is 4.91. The van der Waals surface area contributed by atoms with Gasteiger partial charge in [-0.2, -0.15) is 0 Å². The van der Waals surface area contributed by atoms with Crippen molar-refractivity contribution in [1.29, 1.82) is 0 Å². The van der Waals surface area contributed by atoms with Crippen LogP contribution in [0.25, 0.3) is 0 Å². The third-order valence-electron chi connectivity index (χ3n) is 8.49. The van der Waals surface area contributed by atoms with Gasteiger partial charge in [0.25, 0.3) is 0 Å². The molecular formula is C36H42N4O4. The van der Waals surface area contributed by atoms with Crippen molar-refractivity contribution in [2.75, 3.05) is 59.3 Å². The molecule has 2 aliphatic heterocycles. The summed E-state index contributed by atoms with van der Waals surface area (Å²) < 4.78 is 10.7. The predicted molar refractivity (Wildman–Crippen MR) is 173 cm³/mol. The van der Waals surface area contributed by atoms with Crippen molar-refractivity contribution in [2.24, 2.45) is 5.92 Å². The van der Waals surface area contributed by atoms with Crippen LogP contribution < -0.4 is 10.1 Å². The monoisotopic (exact) mass is 594 g/mol. The number of carbonyl (C=O) groups excluding carboxylic acids is 2. The van der Waals surface area contributed by atoms with Crippen LogP contribution in [0.2, 0.25) is 0 Å². The number of benzene rings is 3. The molecule has 2 saturated heterocycles. The van der Waals surface area contributed by atoms with Crippen LogP contribution in [0.3, 0.4) is 0 Å². The van der Waals surface area contributed by atoms with E-state index in [-0.39, 0.29) is 29.9 Å².